The van der Waals surface area contributed by atoms with E-state index in [9.17, 15) is 13.9 Å². The van der Waals surface area contributed by atoms with E-state index in [2.05, 4.69) is 0 Å². The number of methoxy groups -OCH3 is 1. The molecular weight excluding hydrogens is 401 g/mol. The molecule has 0 fully saturated rings. The summed E-state index contributed by atoms with van der Waals surface area (Å²) in [6.45, 7) is 0. The fourth-order valence-corrected chi connectivity index (χ4v) is 2.63. The maximum atomic E-state index is 14.0. The van der Waals surface area contributed by atoms with Gasteiger partial charge in [-0.2, -0.15) is 0 Å². The van der Waals surface area contributed by atoms with E-state index in [1.807, 2.05) is 22.6 Å². The van der Waals surface area contributed by atoms with Gasteiger partial charge in [0.05, 0.1) is 12.7 Å². The summed E-state index contributed by atoms with van der Waals surface area (Å²) in [5, 5.41) is 10.6. The first kappa shape index (κ1) is 15.5. The molecule has 0 saturated carbocycles. The van der Waals surface area contributed by atoms with Gasteiger partial charge in [0.15, 0.2) is 0 Å². The highest BCUT2D eigenvalue weighted by Gasteiger charge is 2.23. The van der Waals surface area contributed by atoms with Crippen molar-refractivity contribution in [2.75, 3.05) is 7.11 Å². The van der Waals surface area contributed by atoms with E-state index in [1.54, 1.807) is 12.1 Å². The van der Waals surface area contributed by atoms with Gasteiger partial charge in [-0.3, -0.25) is 0 Å². The van der Waals surface area contributed by atoms with Crippen LogP contribution in [-0.4, -0.2) is 12.2 Å². The standard InChI is InChI=1S/C14H10ClF2IO2/c1-20-8-5-10(16)13(11(17)6-8)14(19)9-4-7(15)2-3-12(9)18/h2-6,14,19H,1H3. The lowest BCUT2D eigenvalue weighted by Crippen LogP contribution is -2.08. The van der Waals surface area contributed by atoms with E-state index in [4.69, 9.17) is 16.3 Å². The van der Waals surface area contributed by atoms with Gasteiger partial charge in [-0.25, -0.2) is 8.78 Å². The largest absolute Gasteiger partial charge is 0.497 e. The van der Waals surface area contributed by atoms with Crippen LogP contribution in [0.15, 0.2) is 30.3 Å². The zero-order valence-electron chi connectivity index (χ0n) is 10.3. The fraction of sp³-hybridized carbons (Fsp3) is 0.143. The molecule has 0 aromatic heterocycles. The molecule has 0 aliphatic heterocycles. The maximum absolute atomic E-state index is 14.0. The van der Waals surface area contributed by atoms with Crippen LogP contribution in [0.2, 0.25) is 5.02 Å². The van der Waals surface area contributed by atoms with Crippen LogP contribution in [0, 0.1) is 15.2 Å². The lowest BCUT2D eigenvalue weighted by Gasteiger charge is -2.16. The van der Waals surface area contributed by atoms with Crippen molar-refractivity contribution in [1.29, 1.82) is 0 Å². The second-order valence-corrected chi connectivity index (χ2v) is 5.67. The molecule has 0 bridgehead atoms. The average Bonchev–Trinajstić information content (AvgIpc) is 2.40. The van der Waals surface area contributed by atoms with Crippen LogP contribution in [0.5, 0.6) is 5.75 Å². The first-order chi connectivity index (χ1) is 9.43. The van der Waals surface area contributed by atoms with Crippen LogP contribution < -0.4 is 4.74 Å². The SMILES string of the molecule is COc1cc(F)c(C(O)c2cc(Cl)ccc2I)c(F)c1. The molecule has 2 rings (SSSR count). The maximum Gasteiger partial charge on any atom is 0.135 e. The summed E-state index contributed by atoms with van der Waals surface area (Å²) in [4.78, 5) is 0. The van der Waals surface area contributed by atoms with Crippen molar-refractivity contribution in [3.8, 4) is 5.75 Å². The van der Waals surface area contributed by atoms with E-state index in [-0.39, 0.29) is 5.75 Å². The smallest absolute Gasteiger partial charge is 0.135 e. The van der Waals surface area contributed by atoms with Crippen molar-refractivity contribution in [2.24, 2.45) is 0 Å². The van der Waals surface area contributed by atoms with Gasteiger partial charge < -0.3 is 9.84 Å². The van der Waals surface area contributed by atoms with Crippen molar-refractivity contribution in [2.45, 2.75) is 6.10 Å². The molecule has 0 radical (unpaired) electrons. The molecule has 1 N–H and O–H groups in total. The normalized spacial score (nSPS) is 12.3. The van der Waals surface area contributed by atoms with Gasteiger partial charge in [0.2, 0.25) is 0 Å². The first-order valence-corrected chi connectivity index (χ1v) is 7.05. The molecule has 106 valence electrons. The van der Waals surface area contributed by atoms with Gasteiger partial charge in [-0.1, -0.05) is 11.6 Å². The molecule has 2 aromatic rings. The quantitative estimate of drug-likeness (QED) is 0.764. The zero-order chi connectivity index (χ0) is 14.9. The minimum Gasteiger partial charge on any atom is -0.497 e. The lowest BCUT2D eigenvalue weighted by atomic mass is 10.0. The number of benzene rings is 2. The number of ether oxygens (including phenoxy) is 1. The van der Waals surface area contributed by atoms with Gasteiger partial charge in [-0.15, -0.1) is 0 Å². The van der Waals surface area contributed by atoms with Crippen molar-refractivity contribution in [3.63, 3.8) is 0 Å². The van der Waals surface area contributed by atoms with E-state index in [1.165, 1.54) is 13.2 Å². The summed E-state index contributed by atoms with van der Waals surface area (Å²) in [6, 6.07) is 6.84. The van der Waals surface area contributed by atoms with Crippen molar-refractivity contribution in [1.82, 2.24) is 0 Å². The third-order valence-electron chi connectivity index (χ3n) is 2.81. The van der Waals surface area contributed by atoms with Gasteiger partial charge >= 0.3 is 0 Å². The molecule has 0 aliphatic rings. The van der Waals surface area contributed by atoms with Crippen LogP contribution in [0.25, 0.3) is 0 Å². The Bertz CT molecular complexity index is 626. The number of halogens is 4. The summed E-state index contributed by atoms with van der Waals surface area (Å²) in [6.07, 6.45) is -1.44. The zero-order valence-corrected chi connectivity index (χ0v) is 13.2. The van der Waals surface area contributed by atoms with Crippen LogP contribution in [0.4, 0.5) is 8.78 Å². The van der Waals surface area contributed by atoms with E-state index in [0.717, 1.165) is 12.1 Å². The summed E-state index contributed by atoms with van der Waals surface area (Å²) >= 11 is 7.82. The molecule has 0 amide bonds. The number of aliphatic hydroxyl groups is 1. The Morgan fingerprint density at radius 1 is 1.20 bits per heavy atom. The van der Waals surface area contributed by atoms with Crippen LogP contribution in [0.3, 0.4) is 0 Å². The molecule has 0 spiro atoms. The third-order valence-corrected chi connectivity index (χ3v) is 4.03. The van der Waals surface area contributed by atoms with Gasteiger partial charge in [0.25, 0.3) is 0 Å². The number of rotatable bonds is 3. The molecule has 1 unspecified atom stereocenters. The van der Waals surface area contributed by atoms with Crippen molar-refractivity contribution >= 4 is 34.2 Å². The van der Waals surface area contributed by atoms with Crippen LogP contribution in [0.1, 0.15) is 17.2 Å². The second-order valence-electron chi connectivity index (χ2n) is 4.07. The molecule has 0 heterocycles. The summed E-state index contributed by atoms with van der Waals surface area (Å²) in [5.41, 5.74) is -0.0768. The summed E-state index contributed by atoms with van der Waals surface area (Å²) in [5.74, 6) is -1.69. The topological polar surface area (TPSA) is 29.5 Å². The predicted molar refractivity (Wildman–Crippen MR) is 81.1 cm³/mol. The summed E-state index contributed by atoms with van der Waals surface area (Å²) < 4.78 is 33.3. The first-order valence-electron chi connectivity index (χ1n) is 5.60. The van der Waals surface area contributed by atoms with Gasteiger partial charge in [0, 0.05) is 20.7 Å². The fourth-order valence-electron chi connectivity index (χ4n) is 1.82. The molecule has 0 aliphatic carbocycles. The number of hydrogen-bond donors (Lipinski definition) is 1. The van der Waals surface area contributed by atoms with E-state index in [0.29, 0.717) is 14.2 Å². The third kappa shape index (κ3) is 3.05. The summed E-state index contributed by atoms with van der Waals surface area (Å²) in [7, 11) is 1.31. The van der Waals surface area contributed by atoms with Gasteiger partial charge in [0.1, 0.15) is 23.5 Å². The molecule has 0 saturated heterocycles. The van der Waals surface area contributed by atoms with E-state index < -0.39 is 23.3 Å². The Kier molecular flexibility index (Phi) is 4.82. The predicted octanol–water partition coefficient (Wildman–Crippen LogP) is 4.31. The number of hydrogen-bond acceptors (Lipinski definition) is 2. The lowest BCUT2D eigenvalue weighted by molar-refractivity contribution is 0.207. The van der Waals surface area contributed by atoms with Gasteiger partial charge in [-0.05, 0) is 46.4 Å². The Morgan fingerprint density at radius 3 is 2.35 bits per heavy atom. The molecule has 20 heavy (non-hydrogen) atoms. The second kappa shape index (κ2) is 6.24. The van der Waals surface area contributed by atoms with Crippen molar-refractivity contribution < 1.29 is 18.6 Å². The minimum atomic E-state index is -1.44. The molecule has 6 heteroatoms. The highest BCUT2D eigenvalue weighted by Crippen LogP contribution is 2.33. The molecule has 1 atom stereocenters. The monoisotopic (exact) mass is 410 g/mol. The highest BCUT2D eigenvalue weighted by atomic mass is 127. The van der Waals surface area contributed by atoms with E-state index >= 15 is 0 Å². The minimum absolute atomic E-state index is 0.0525. The molecule has 2 nitrogen and oxygen atoms in total. The Labute approximate surface area is 133 Å². The Morgan fingerprint density at radius 2 is 1.80 bits per heavy atom. The van der Waals surface area contributed by atoms with Crippen LogP contribution >= 0.6 is 34.2 Å². The number of aliphatic hydroxyl groups excluding tert-OH is 1. The molecule has 2 aromatic carbocycles. The molecular formula is C14H10ClF2IO2. The highest BCUT2D eigenvalue weighted by molar-refractivity contribution is 14.1. The average molecular weight is 411 g/mol. The Hall–Kier alpha value is -0.920. The van der Waals surface area contributed by atoms with Crippen LogP contribution in [-0.2, 0) is 0 Å². The van der Waals surface area contributed by atoms with Crippen molar-refractivity contribution in [3.05, 3.63) is 61.7 Å². The Balaban J connectivity index is 2.53.